The highest BCUT2D eigenvalue weighted by atomic mass is 32.1. The maximum Gasteiger partial charge on any atom is 0.158 e. The van der Waals surface area contributed by atoms with E-state index >= 15 is 0 Å². The van der Waals surface area contributed by atoms with E-state index in [2.05, 4.69) is 4.98 Å². The van der Waals surface area contributed by atoms with Crippen LogP contribution < -0.4 is 0 Å². The third-order valence-electron chi connectivity index (χ3n) is 1.41. The largest absolute Gasteiger partial charge is 0.295 e. The monoisotopic (exact) mass is 181 g/mol. The van der Waals surface area contributed by atoms with E-state index in [0.29, 0.717) is 0 Å². The van der Waals surface area contributed by atoms with Gasteiger partial charge in [-0.15, -0.1) is 11.3 Å². The van der Waals surface area contributed by atoms with Crippen LogP contribution >= 0.6 is 11.3 Å². The Labute approximate surface area is 76.0 Å². The molecule has 0 aliphatic carbocycles. The molecule has 1 heterocycles. The lowest BCUT2D eigenvalue weighted by molar-refractivity contribution is -0.117. The fourth-order valence-electron chi connectivity index (χ4n) is 0.663. The summed E-state index contributed by atoms with van der Waals surface area (Å²) in [6.45, 7) is 3.77. The molecular weight excluding hydrogens is 170 g/mol. The van der Waals surface area contributed by atoms with E-state index in [-0.39, 0.29) is 11.7 Å². The van der Waals surface area contributed by atoms with Crippen LogP contribution in [-0.2, 0) is 4.79 Å². The molecule has 0 atom stereocenters. The van der Waals surface area contributed by atoms with Crippen LogP contribution in [0.4, 0.5) is 0 Å². The Balaban J connectivity index is 2.57. The maximum atomic E-state index is 11.1. The minimum atomic E-state index is 0.0706. The van der Waals surface area contributed by atoms with Gasteiger partial charge in [0.2, 0.25) is 0 Å². The van der Waals surface area contributed by atoms with E-state index in [0.717, 1.165) is 5.01 Å². The Kier molecular flexibility index (Phi) is 3.17. The van der Waals surface area contributed by atoms with Crippen molar-refractivity contribution < 1.29 is 4.79 Å². The standard InChI is InChI=1S/C9H11NOS/c1-7(2)8(11)3-4-9-10-5-6-12-9/h3-7H,1-2H3. The third kappa shape index (κ3) is 2.58. The van der Waals surface area contributed by atoms with Gasteiger partial charge in [0.25, 0.3) is 0 Å². The molecular formula is C9H11NOS. The van der Waals surface area contributed by atoms with Crippen molar-refractivity contribution in [2.75, 3.05) is 0 Å². The van der Waals surface area contributed by atoms with Crippen molar-refractivity contribution in [2.24, 2.45) is 5.92 Å². The van der Waals surface area contributed by atoms with Gasteiger partial charge in [0, 0.05) is 17.5 Å². The topological polar surface area (TPSA) is 30.0 Å². The normalized spacial score (nSPS) is 11.2. The van der Waals surface area contributed by atoms with Gasteiger partial charge >= 0.3 is 0 Å². The zero-order chi connectivity index (χ0) is 8.97. The summed E-state index contributed by atoms with van der Waals surface area (Å²) in [6.07, 6.45) is 5.07. The highest BCUT2D eigenvalue weighted by Gasteiger charge is 2.01. The Hall–Kier alpha value is -0.960. The first-order chi connectivity index (χ1) is 5.70. The molecule has 0 radical (unpaired) electrons. The molecule has 0 spiro atoms. The highest BCUT2D eigenvalue weighted by molar-refractivity contribution is 7.10. The minimum Gasteiger partial charge on any atom is -0.295 e. The molecule has 12 heavy (non-hydrogen) atoms. The molecule has 0 fully saturated rings. The summed E-state index contributed by atoms with van der Waals surface area (Å²) in [5.41, 5.74) is 0. The zero-order valence-electron chi connectivity index (χ0n) is 7.15. The number of carbonyl (C=O) groups is 1. The van der Waals surface area contributed by atoms with Gasteiger partial charge in [-0.05, 0) is 12.2 Å². The Morgan fingerprint density at radius 2 is 2.42 bits per heavy atom. The number of rotatable bonds is 3. The lowest BCUT2D eigenvalue weighted by Crippen LogP contribution is -2.01. The van der Waals surface area contributed by atoms with Crippen molar-refractivity contribution in [2.45, 2.75) is 13.8 Å². The highest BCUT2D eigenvalue weighted by Crippen LogP contribution is 2.06. The van der Waals surface area contributed by atoms with Crippen LogP contribution in [0.2, 0.25) is 0 Å². The van der Waals surface area contributed by atoms with Crippen molar-refractivity contribution >= 4 is 23.2 Å². The van der Waals surface area contributed by atoms with Crippen LogP contribution in [0.15, 0.2) is 17.7 Å². The summed E-state index contributed by atoms with van der Waals surface area (Å²) >= 11 is 1.53. The van der Waals surface area contributed by atoms with Gasteiger partial charge in [0.05, 0.1) is 0 Å². The van der Waals surface area contributed by atoms with Gasteiger partial charge < -0.3 is 0 Å². The number of nitrogens with zero attached hydrogens (tertiary/aromatic N) is 1. The van der Waals surface area contributed by atoms with Gasteiger partial charge in [-0.1, -0.05) is 13.8 Å². The molecule has 0 aliphatic heterocycles. The summed E-state index contributed by atoms with van der Waals surface area (Å²) < 4.78 is 0. The summed E-state index contributed by atoms with van der Waals surface area (Å²) in [7, 11) is 0. The molecule has 2 nitrogen and oxygen atoms in total. The number of aromatic nitrogens is 1. The molecule has 0 aliphatic rings. The second kappa shape index (κ2) is 4.16. The SMILES string of the molecule is CC(C)C(=O)C=Cc1nccs1. The summed E-state index contributed by atoms with van der Waals surface area (Å²) in [5, 5.41) is 2.77. The van der Waals surface area contributed by atoms with E-state index in [1.807, 2.05) is 19.2 Å². The summed E-state index contributed by atoms with van der Waals surface area (Å²) in [4.78, 5) is 15.2. The van der Waals surface area contributed by atoms with Crippen molar-refractivity contribution in [3.05, 3.63) is 22.7 Å². The molecule has 0 N–H and O–H groups in total. The van der Waals surface area contributed by atoms with Crippen LogP contribution in [0, 0.1) is 5.92 Å². The van der Waals surface area contributed by atoms with Crippen LogP contribution in [0.1, 0.15) is 18.9 Å². The van der Waals surface area contributed by atoms with E-state index in [4.69, 9.17) is 0 Å². The Morgan fingerprint density at radius 3 is 2.92 bits per heavy atom. The first kappa shape index (κ1) is 9.13. The Bertz CT molecular complexity index is 275. The number of allylic oxidation sites excluding steroid dienone is 1. The van der Waals surface area contributed by atoms with Gasteiger partial charge in [-0.2, -0.15) is 0 Å². The number of hydrogen-bond acceptors (Lipinski definition) is 3. The number of thiazole rings is 1. The molecule has 3 heteroatoms. The average Bonchev–Trinajstić information content (AvgIpc) is 2.51. The van der Waals surface area contributed by atoms with Crippen LogP contribution in [0.5, 0.6) is 0 Å². The maximum absolute atomic E-state index is 11.1. The fraction of sp³-hybridized carbons (Fsp3) is 0.333. The first-order valence-electron chi connectivity index (χ1n) is 3.81. The predicted molar refractivity (Wildman–Crippen MR) is 51.0 cm³/mol. The second-order valence-electron chi connectivity index (χ2n) is 2.76. The second-order valence-corrected chi connectivity index (χ2v) is 3.69. The molecule has 0 aromatic carbocycles. The third-order valence-corrected chi connectivity index (χ3v) is 2.15. The average molecular weight is 181 g/mol. The zero-order valence-corrected chi connectivity index (χ0v) is 7.97. The van der Waals surface area contributed by atoms with Gasteiger partial charge in [0.1, 0.15) is 5.01 Å². The molecule has 0 saturated heterocycles. The molecule has 1 aromatic heterocycles. The van der Waals surface area contributed by atoms with Gasteiger partial charge in [0.15, 0.2) is 5.78 Å². The van der Waals surface area contributed by atoms with Gasteiger partial charge in [-0.25, -0.2) is 4.98 Å². The van der Waals surface area contributed by atoms with Crippen molar-refractivity contribution in [3.63, 3.8) is 0 Å². The van der Waals surface area contributed by atoms with E-state index in [9.17, 15) is 4.79 Å². The van der Waals surface area contributed by atoms with Crippen LogP contribution in [0.3, 0.4) is 0 Å². The first-order valence-corrected chi connectivity index (χ1v) is 4.69. The molecule has 0 saturated carbocycles. The van der Waals surface area contributed by atoms with Crippen LogP contribution in [-0.4, -0.2) is 10.8 Å². The van der Waals surface area contributed by atoms with E-state index in [1.165, 1.54) is 11.3 Å². The molecule has 1 aromatic rings. The molecule has 1 rings (SSSR count). The molecule has 0 amide bonds. The molecule has 0 unspecified atom stereocenters. The van der Waals surface area contributed by atoms with Gasteiger partial charge in [-0.3, -0.25) is 4.79 Å². The van der Waals surface area contributed by atoms with Crippen molar-refractivity contribution in [1.29, 1.82) is 0 Å². The Morgan fingerprint density at radius 1 is 1.67 bits per heavy atom. The lowest BCUT2D eigenvalue weighted by atomic mass is 10.1. The van der Waals surface area contributed by atoms with E-state index in [1.54, 1.807) is 18.3 Å². The predicted octanol–water partition coefficient (Wildman–Crippen LogP) is 2.38. The number of carbonyl (C=O) groups excluding carboxylic acids is 1. The molecule has 0 bridgehead atoms. The summed E-state index contributed by atoms with van der Waals surface area (Å²) in [6, 6.07) is 0. The minimum absolute atomic E-state index is 0.0706. The molecule has 64 valence electrons. The smallest absolute Gasteiger partial charge is 0.158 e. The van der Waals surface area contributed by atoms with Crippen molar-refractivity contribution in [3.8, 4) is 0 Å². The fourth-order valence-corrected chi connectivity index (χ4v) is 1.19. The van der Waals surface area contributed by atoms with Crippen molar-refractivity contribution in [1.82, 2.24) is 4.98 Å². The number of hydrogen-bond donors (Lipinski definition) is 0. The number of ketones is 1. The quantitative estimate of drug-likeness (QED) is 0.670. The van der Waals surface area contributed by atoms with Crippen LogP contribution in [0.25, 0.3) is 6.08 Å². The van der Waals surface area contributed by atoms with E-state index < -0.39 is 0 Å². The lowest BCUT2D eigenvalue weighted by Gasteiger charge is -1.94. The summed E-state index contributed by atoms with van der Waals surface area (Å²) in [5.74, 6) is 0.214.